The molecule has 0 unspecified atom stereocenters. The number of benzene rings is 2. The van der Waals surface area contributed by atoms with E-state index in [9.17, 15) is 9.18 Å². The smallest absolute Gasteiger partial charge is 0.335 e. The zero-order valence-corrected chi connectivity index (χ0v) is 12.5. The lowest BCUT2D eigenvalue weighted by Gasteiger charge is -2.00. The van der Waals surface area contributed by atoms with Crippen molar-refractivity contribution in [2.75, 3.05) is 0 Å². The molecule has 3 nitrogen and oxygen atoms in total. The van der Waals surface area contributed by atoms with E-state index in [0.717, 1.165) is 9.13 Å². The molecular weight excluding hydrogens is 372 g/mol. The molecule has 0 fully saturated rings. The van der Waals surface area contributed by atoms with Crippen molar-refractivity contribution in [3.05, 3.63) is 68.5 Å². The number of carboxylic acid groups (broad SMARTS) is 1. The minimum Gasteiger partial charge on any atom is -0.478 e. The molecule has 0 bridgehead atoms. The Hall–Kier alpha value is -1.76. The van der Waals surface area contributed by atoms with Gasteiger partial charge in [-0.1, -0.05) is 12.1 Å². The molecule has 0 saturated heterocycles. The standard InChI is InChI=1S/C15H11FINO2/c16-14-5-4-13(17)7-12(14)9-18-8-10-2-1-3-11(6-10)15(19)20/h1-7,9H,8H2,(H,19,20). The number of aliphatic imine (C=N–C) groups is 1. The summed E-state index contributed by atoms with van der Waals surface area (Å²) < 4.78 is 14.4. The first-order valence-corrected chi connectivity index (χ1v) is 6.91. The number of carboxylic acids is 1. The van der Waals surface area contributed by atoms with Crippen LogP contribution in [-0.2, 0) is 6.54 Å². The first-order valence-electron chi connectivity index (χ1n) is 5.83. The van der Waals surface area contributed by atoms with Gasteiger partial charge in [-0.2, -0.15) is 0 Å². The van der Waals surface area contributed by atoms with Crippen molar-refractivity contribution in [3.63, 3.8) is 0 Å². The van der Waals surface area contributed by atoms with Gasteiger partial charge in [-0.05, 0) is 58.5 Å². The Morgan fingerprint density at radius 1 is 1.30 bits per heavy atom. The van der Waals surface area contributed by atoms with E-state index in [2.05, 4.69) is 27.6 Å². The van der Waals surface area contributed by atoms with Crippen LogP contribution in [0.1, 0.15) is 21.5 Å². The van der Waals surface area contributed by atoms with Crippen LogP contribution in [0.15, 0.2) is 47.5 Å². The van der Waals surface area contributed by atoms with Crippen LogP contribution >= 0.6 is 22.6 Å². The highest BCUT2D eigenvalue weighted by Gasteiger charge is 2.03. The van der Waals surface area contributed by atoms with Crippen LogP contribution in [0.3, 0.4) is 0 Å². The topological polar surface area (TPSA) is 49.7 Å². The largest absolute Gasteiger partial charge is 0.478 e. The first kappa shape index (κ1) is 14.6. The van der Waals surface area contributed by atoms with Gasteiger partial charge in [0.2, 0.25) is 0 Å². The molecule has 5 heteroatoms. The lowest BCUT2D eigenvalue weighted by molar-refractivity contribution is 0.0697. The fourth-order valence-electron chi connectivity index (χ4n) is 1.67. The molecule has 0 amide bonds. The maximum absolute atomic E-state index is 13.5. The van der Waals surface area contributed by atoms with E-state index in [0.29, 0.717) is 12.1 Å². The predicted octanol–water partition coefficient (Wildman–Crippen LogP) is 3.75. The summed E-state index contributed by atoms with van der Waals surface area (Å²) in [5.74, 6) is -1.30. The monoisotopic (exact) mass is 383 g/mol. The maximum atomic E-state index is 13.5. The van der Waals surface area contributed by atoms with Crippen LogP contribution in [0.25, 0.3) is 0 Å². The van der Waals surface area contributed by atoms with Crippen LogP contribution in [0.4, 0.5) is 4.39 Å². The van der Waals surface area contributed by atoms with E-state index in [4.69, 9.17) is 5.11 Å². The van der Waals surface area contributed by atoms with E-state index in [1.54, 1.807) is 30.3 Å². The number of rotatable bonds is 4. The van der Waals surface area contributed by atoms with Crippen LogP contribution in [0.5, 0.6) is 0 Å². The highest BCUT2D eigenvalue weighted by Crippen LogP contribution is 2.11. The number of aromatic carboxylic acids is 1. The van der Waals surface area contributed by atoms with Gasteiger partial charge in [0.05, 0.1) is 12.1 Å². The zero-order chi connectivity index (χ0) is 14.5. The van der Waals surface area contributed by atoms with Gasteiger partial charge in [0.1, 0.15) is 5.82 Å². The minimum atomic E-state index is -0.973. The minimum absolute atomic E-state index is 0.221. The molecule has 0 aliphatic carbocycles. The highest BCUT2D eigenvalue weighted by molar-refractivity contribution is 14.1. The third kappa shape index (κ3) is 3.86. The van der Waals surface area contributed by atoms with Gasteiger partial charge >= 0.3 is 5.97 Å². The van der Waals surface area contributed by atoms with Gasteiger partial charge < -0.3 is 5.11 Å². The van der Waals surface area contributed by atoms with E-state index < -0.39 is 5.97 Å². The third-order valence-corrected chi connectivity index (χ3v) is 3.31. The fraction of sp³-hybridized carbons (Fsp3) is 0.0667. The summed E-state index contributed by atoms with van der Waals surface area (Å²) in [6, 6.07) is 11.3. The number of carbonyl (C=O) groups is 1. The van der Waals surface area contributed by atoms with Gasteiger partial charge in [0.25, 0.3) is 0 Å². The molecule has 0 heterocycles. The number of hydrogen-bond acceptors (Lipinski definition) is 2. The summed E-state index contributed by atoms with van der Waals surface area (Å²) in [4.78, 5) is 15.0. The lowest BCUT2D eigenvalue weighted by atomic mass is 10.1. The predicted molar refractivity (Wildman–Crippen MR) is 83.8 cm³/mol. The van der Waals surface area contributed by atoms with Crippen molar-refractivity contribution in [2.45, 2.75) is 6.54 Å². The van der Waals surface area contributed by atoms with Gasteiger partial charge in [0, 0.05) is 15.3 Å². The second kappa shape index (κ2) is 6.60. The van der Waals surface area contributed by atoms with Crippen molar-refractivity contribution in [3.8, 4) is 0 Å². The molecule has 0 aliphatic heterocycles. The van der Waals surface area contributed by atoms with Gasteiger partial charge in [0.15, 0.2) is 0 Å². The van der Waals surface area contributed by atoms with Crippen molar-refractivity contribution in [2.24, 2.45) is 4.99 Å². The average molecular weight is 383 g/mol. The average Bonchev–Trinajstić information content (AvgIpc) is 2.43. The molecule has 0 spiro atoms. The normalized spacial score (nSPS) is 10.9. The summed E-state index contributed by atoms with van der Waals surface area (Å²) in [5, 5.41) is 8.89. The molecule has 2 rings (SSSR count). The number of halogens is 2. The molecular formula is C15H11FINO2. The van der Waals surface area contributed by atoms with Crippen molar-refractivity contribution in [1.82, 2.24) is 0 Å². The Bertz CT molecular complexity index is 671. The Morgan fingerprint density at radius 2 is 2.10 bits per heavy atom. The Morgan fingerprint density at radius 3 is 2.85 bits per heavy atom. The van der Waals surface area contributed by atoms with Gasteiger partial charge in [-0.3, -0.25) is 4.99 Å². The second-order valence-corrected chi connectivity index (χ2v) is 5.39. The lowest BCUT2D eigenvalue weighted by Crippen LogP contribution is -1.97. The summed E-state index contributed by atoms with van der Waals surface area (Å²) in [5.41, 5.74) is 1.41. The second-order valence-electron chi connectivity index (χ2n) is 4.14. The number of nitrogens with zero attached hydrogens (tertiary/aromatic N) is 1. The fourth-order valence-corrected chi connectivity index (χ4v) is 2.18. The summed E-state index contributed by atoms with van der Waals surface area (Å²) in [7, 11) is 0. The quantitative estimate of drug-likeness (QED) is 0.646. The van der Waals surface area contributed by atoms with Crippen molar-refractivity contribution in [1.29, 1.82) is 0 Å². The molecule has 0 atom stereocenters. The molecule has 1 N–H and O–H groups in total. The SMILES string of the molecule is O=C(O)c1cccc(CN=Cc2cc(I)ccc2F)c1. The zero-order valence-electron chi connectivity index (χ0n) is 10.4. The molecule has 0 aliphatic rings. The molecule has 102 valence electrons. The van der Waals surface area contributed by atoms with Crippen molar-refractivity contribution >= 4 is 34.8 Å². The van der Waals surface area contributed by atoms with Crippen LogP contribution < -0.4 is 0 Å². The molecule has 20 heavy (non-hydrogen) atoms. The Labute approximate surface area is 129 Å². The number of hydrogen-bond donors (Lipinski definition) is 1. The summed E-state index contributed by atoms with van der Waals surface area (Å²) in [6.07, 6.45) is 1.46. The van der Waals surface area contributed by atoms with E-state index in [1.807, 2.05) is 0 Å². The van der Waals surface area contributed by atoms with Gasteiger partial charge in [-0.15, -0.1) is 0 Å². The molecule has 2 aromatic carbocycles. The van der Waals surface area contributed by atoms with Crippen LogP contribution in [0.2, 0.25) is 0 Å². The Kier molecular flexibility index (Phi) is 4.84. The molecule has 2 aromatic rings. The first-order chi connectivity index (χ1) is 9.56. The van der Waals surface area contributed by atoms with Crippen LogP contribution in [0, 0.1) is 9.39 Å². The summed E-state index contributed by atoms with van der Waals surface area (Å²) in [6.45, 7) is 0.312. The van der Waals surface area contributed by atoms with E-state index in [1.165, 1.54) is 18.3 Å². The van der Waals surface area contributed by atoms with Crippen LogP contribution in [-0.4, -0.2) is 17.3 Å². The van der Waals surface area contributed by atoms with E-state index >= 15 is 0 Å². The molecule has 0 radical (unpaired) electrons. The maximum Gasteiger partial charge on any atom is 0.335 e. The van der Waals surface area contributed by atoms with Crippen molar-refractivity contribution < 1.29 is 14.3 Å². The third-order valence-electron chi connectivity index (χ3n) is 2.64. The Balaban J connectivity index is 2.12. The highest BCUT2D eigenvalue weighted by atomic mass is 127. The summed E-state index contributed by atoms with van der Waals surface area (Å²) >= 11 is 2.10. The molecule has 0 aromatic heterocycles. The molecule has 0 saturated carbocycles. The van der Waals surface area contributed by atoms with Gasteiger partial charge in [-0.25, -0.2) is 9.18 Å². The van der Waals surface area contributed by atoms with E-state index in [-0.39, 0.29) is 11.4 Å².